The predicted molar refractivity (Wildman–Crippen MR) is 112 cm³/mol. The standard InChI is InChI=1S/C24H32O4/c1-17(2)10-9-15-27-23(25)21-11-7-8-12-22(21)24(26)28-20(16-19(5)6)14-13-18(3)4/h7-8,11-12,17,19-20H,3,9-10,15-16H2,1-2,4-6H3. The lowest BCUT2D eigenvalue weighted by Gasteiger charge is -2.16. The Morgan fingerprint density at radius 1 is 1.04 bits per heavy atom. The minimum absolute atomic E-state index is 0.197. The topological polar surface area (TPSA) is 52.6 Å². The number of benzene rings is 1. The number of hydrogen-bond donors (Lipinski definition) is 0. The fourth-order valence-corrected chi connectivity index (χ4v) is 2.53. The minimum atomic E-state index is -0.573. The van der Waals surface area contributed by atoms with E-state index in [2.05, 4.69) is 32.3 Å². The lowest BCUT2D eigenvalue weighted by molar-refractivity contribution is 0.0360. The zero-order valence-corrected chi connectivity index (χ0v) is 17.7. The lowest BCUT2D eigenvalue weighted by atomic mass is 10.0. The van der Waals surface area contributed by atoms with Gasteiger partial charge < -0.3 is 9.47 Å². The van der Waals surface area contributed by atoms with Crippen molar-refractivity contribution in [1.82, 2.24) is 0 Å². The summed E-state index contributed by atoms with van der Waals surface area (Å²) < 4.78 is 10.9. The highest BCUT2D eigenvalue weighted by atomic mass is 16.5. The van der Waals surface area contributed by atoms with Crippen molar-refractivity contribution in [3.8, 4) is 11.8 Å². The van der Waals surface area contributed by atoms with Crippen LogP contribution in [-0.4, -0.2) is 24.6 Å². The molecule has 0 N–H and O–H groups in total. The van der Waals surface area contributed by atoms with E-state index in [-0.39, 0.29) is 11.1 Å². The summed E-state index contributed by atoms with van der Waals surface area (Å²) in [5.41, 5.74) is 1.12. The molecule has 0 aliphatic rings. The Balaban J connectivity index is 2.88. The number of allylic oxidation sites excluding steroid dienone is 1. The summed E-state index contributed by atoms with van der Waals surface area (Å²) in [6.45, 7) is 14.2. The van der Waals surface area contributed by atoms with Crippen LogP contribution in [-0.2, 0) is 9.47 Å². The second kappa shape index (κ2) is 12.0. The monoisotopic (exact) mass is 384 g/mol. The molecule has 0 spiro atoms. The van der Waals surface area contributed by atoms with Crippen molar-refractivity contribution < 1.29 is 19.1 Å². The van der Waals surface area contributed by atoms with Crippen molar-refractivity contribution in [1.29, 1.82) is 0 Å². The van der Waals surface area contributed by atoms with Crippen LogP contribution in [0.3, 0.4) is 0 Å². The molecule has 0 saturated carbocycles. The van der Waals surface area contributed by atoms with Gasteiger partial charge in [0.05, 0.1) is 17.7 Å². The van der Waals surface area contributed by atoms with E-state index in [1.807, 2.05) is 13.8 Å². The molecule has 28 heavy (non-hydrogen) atoms. The summed E-state index contributed by atoms with van der Waals surface area (Å²) in [5, 5.41) is 0. The fourth-order valence-electron chi connectivity index (χ4n) is 2.53. The Bertz CT molecular complexity index is 734. The largest absolute Gasteiger partial charge is 0.462 e. The van der Waals surface area contributed by atoms with Gasteiger partial charge in [-0.3, -0.25) is 0 Å². The summed E-state index contributed by atoms with van der Waals surface area (Å²) in [6, 6.07) is 6.56. The van der Waals surface area contributed by atoms with Gasteiger partial charge in [0.2, 0.25) is 0 Å². The average molecular weight is 385 g/mol. The molecule has 1 atom stereocenters. The molecule has 0 aliphatic carbocycles. The summed E-state index contributed by atoms with van der Waals surface area (Å²) in [5.74, 6) is 5.60. The second-order valence-corrected chi connectivity index (χ2v) is 7.79. The van der Waals surface area contributed by atoms with Crippen LogP contribution in [0.25, 0.3) is 0 Å². The highest BCUT2D eigenvalue weighted by molar-refractivity contribution is 6.03. The second-order valence-electron chi connectivity index (χ2n) is 7.79. The summed E-state index contributed by atoms with van der Waals surface area (Å²) in [4.78, 5) is 25.1. The Labute approximate surface area is 169 Å². The highest BCUT2D eigenvalue weighted by Gasteiger charge is 2.22. The van der Waals surface area contributed by atoms with Crippen LogP contribution in [0.4, 0.5) is 0 Å². The smallest absolute Gasteiger partial charge is 0.340 e. The maximum atomic E-state index is 12.7. The van der Waals surface area contributed by atoms with Gasteiger partial charge in [-0.15, -0.1) is 0 Å². The lowest BCUT2D eigenvalue weighted by Crippen LogP contribution is -2.21. The van der Waals surface area contributed by atoms with Crippen LogP contribution < -0.4 is 0 Å². The van der Waals surface area contributed by atoms with Crippen molar-refractivity contribution >= 4 is 11.9 Å². The van der Waals surface area contributed by atoms with Crippen molar-refractivity contribution in [2.75, 3.05) is 6.61 Å². The van der Waals surface area contributed by atoms with Crippen LogP contribution in [0.1, 0.15) is 74.6 Å². The van der Waals surface area contributed by atoms with Crippen LogP contribution in [0.15, 0.2) is 36.4 Å². The molecule has 0 aromatic heterocycles. The normalized spacial score (nSPS) is 11.5. The van der Waals surface area contributed by atoms with Crippen LogP contribution in [0.2, 0.25) is 0 Å². The van der Waals surface area contributed by atoms with Crippen molar-refractivity contribution in [2.24, 2.45) is 11.8 Å². The summed E-state index contributed by atoms with van der Waals surface area (Å²) in [7, 11) is 0. The average Bonchev–Trinajstić information content (AvgIpc) is 2.62. The van der Waals surface area contributed by atoms with Gasteiger partial charge >= 0.3 is 11.9 Å². The van der Waals surface area contributed by atoms with E-state index in [9.17, 15) is 9.59 Å². The van der Waals surface area contributed by atoms with Gasteiger partial charge in [0, 0.05) is 0 Å². The molecule has 1 unspecified atom stereocenters. The number of esters is 2. The Morgan fingerprint density at radius 2 is 1.64 bits per heavy atom. The van der Waals surface area contributed by atoms with Crippen LogP contribution in [0, 0.1) is 23.7 Å². The van der Waals surface area contributed by atoms with Gasteiger partial charge in [0.15, 0.2) is 6.10 Å². The molecule has 0 amide bonds. The first kappa shape index (κ1) is 23.5. The number of carbonyl (C=O) groups is 2. The molecule has 0 heterocycles. The third kappa shape index (κ3) is 8.90. The van der Waals surface area contributed by atoms with E-state index >= 15 is 0 Å². The van der Waals surface area contributed by atoms with E-state index in [4.69, 9.17) is 9.47 Å². The maximum absolute atomic E-state index is 12.7. The van der Waals surface area contributed by atoms with Gasteiger partial charge in [-0.25, -0.2) is 9.59 Å². The zero-order valence-electron chi connectivity index (χ0n) is 17.7. The first-order valence-electron chi connectivity index (χ1n) is 9.84. The van der Waals surface area contributed by atoms with Crippen LogP contribution >= 0.6 is 0 Å². The van der Waals surface area contributed by atoms with Crippen molar-refractivity contribution in [3.63, 3.8) is 0 Å². The van der Waals surface area contributed by atoms with Gasteiger partial charge in [-0.1, -0.05) is 58.2 Å². The quantitative estimate of drug-likeness (QED) is 0.324. The third-order valence-corrected chi connectivity index (χ3v) is 3.91. The maximum Gasteiger partial charge on any atom is 0.340 e. The van der Waals surface area contributed by atoms with E-state index in [1.165, 1.54) is 0 Å². The van der Waals surface area contributed by atoms with Gasteiger partial charge in [0.25, 0.3) is 0 Å². The number of rotatable bonds is 9. The molecular formula is C24H32O4. The molecule has 0 aliphatic heterocycles. The molecule has 1 aromatic rings. The van der Waals surface area contributed by atoms with Gasteiger partial charge in [-0.2, -0.15) is 0 Å². The highest BCUT2D eigenvalue weighted by Crippen LogP contribution is 2.16. The molecular weight excluding hydrogens is 352 g/mol. The van der Waals surface area contributed by atoms with Gasteiger partial charge in [-0.05, 0) is 55.7 Å². The zero-order chi connectivity index (χ0) is 21.1. The Hall–Kier alpha value is -2.54. The van der Waals surface area contributed by atoms with E-state index < -0.39 is 18.0 Å². The van der Waals surface area contributed by atoms with E-state index in [1.54, 1.807) is 31.2 Å². The third-order valence-electron chi connectivity index (χ3n) is 3.91. The molecule has 0 fully saturated rings. The van der Waals surface area contributed by atoms with Crippen molar-refractivity contribution in [2.45, 2.75) is 60.0 Å². The number of hydrogen-bond acceptors (Lipinski definition) is 4. The van der Waals surface area contributed by atoms with Crippen molar-refractivity contribution in [3.05, 3.63) is 47.5 Å². The number of ether oxygens (including phenoxy) is 2. The molecule has 1 aromatic carbocycles. The Morgan fingerprint density at radius 3 is 2.18 bits per heavy atom. The molecule has 152 valence electrons. The molecule has 4 heteroatoms. The Kier molecular flexibility index (Phi) is 10.1. The van der Waals surface area contributed by atoms with Crippen LogP contribution in [0.5, 0.6) is 0 Å². The minimum Gasteiger partial charge on any atom is -0.462 e. The molecule has 0 bridgehead atoms. The molecule has 4 nitrogen and oxygen atoms in total. The SMILES string of the molecule is C=C(C)C#CC(CC(C)C)OC(=O)c1ccccc1C(=O)OCCCC(C)C. The van der Waals surface area contributed by atoms with Gasteiger partial charge in [0.1, 0.15) is 0 Å². The predicted octanol–water partition coefficient (Wildman–Crippen LogP) is 5.43. The molecule has 0 radical (unpaired) electrons. The first-order valence-corrected chi connectivity index (χ1v) is 9.84. The van der Waals surface area contributed by atoms with E-state index in [0.717, 1.165) is 12.8 Å². The molecule has 1 rings (SSSR count). The molecule has 0 saturated heterocycles. The first-order chi connectivity index (χ1) is 13.2. The van der Waals surface area contributed by atoms with E-state index in [0.29, 0.717) is 30.4 Å². The summed E-state index contributed by atoms with van der Waals surface area (Å²) in [6.07, 6.45) is 1.82. The summed E-state index contributed by atoms with van der Waals surface area (Å²) >= 11 is 0. The fraction of sp³-hybridized carbons (Fsp3) is 0.500. The number of carbonyl (C=O) groups excluding carboxylic acids is 2.